The van der Waals surface area contributed by atoms with Crippen LogP contribution >= 0.6 is 0 Å². The molecule has 0 aliphatic heterocycles. The second-order valence-electron chi connectivity index (χ2n) is 4.01. The van der Waals surface area contributed by atoms with Crippen molar-refractivity contribution in [1.29, 1.82) is 0 Å². The summed E-state index contributed by atoms with van der Waals surface area (Å²) in [6.45, 7) is 2.27. The van der Waals surface area contributed by atoms with E-state index in [4.69, 9.17) is 14.2 Å². The van der Waals surface area contributed by atoms with Crippen molar-refractivity contribution in [2.45, 2.75) is 6.42 Å². The number of hydrogen-bond donors (Lipinski definition) is 2. The molecule has 0 saturated heterocycles. The smallest absolute Gasteiger partial charge is 0.245 e. The van der Waals surface area contributed by atoms with Gasteiger partial charge in [-0.2, -0.15) is 9.97 Å². The molecule has 2 aromatic heterocycles. The molecule has 0 aromatic carbocycles. The molecule has 8 nitrogen and oxygen atoms in total. The number of nitrogens with zero attached hydrogens (tertiary/aromatic N) is 3. The lowest BCUT2D eigenvalue weighted by Gasteiger charge is -2.08. The Morgan fingerprint density at radius 1 is 1.20 bits per heavy atom. The summed E-state index contributed by atoms with van der Waals surface area (Å²) in [5, 5.41) is 2.87. The first kappa shape index (κ1) is 14.5. The zero-order valence-corrected chi connectivity index (χ0v) is 11.7. The van der Waals surface area contributed by atoms with Gasteiger partial charge in [-0.1, -0.05) is 0 Å². The Labute approximate surface area is 116 Å². The van der Waals surface area contributed by atoms with E-state index in [0.717, 1.165) is 6.42 Å². The quantitative estimate of drug-likeness (QED) is 0.657. The molecule has 0 spiro atoms. The number of fused-ring (bicyclic) bond motifs is 1. The van der Waals surface area contributed by atoms with E-state index in [0.29, 0.717) is 49.4 Å². The zero-order valence-electron chi connectivity index (χ0n) is 11.7. The highest BCUT2D eigenvalue weighted by atomic mass is 16.5. The topological polar surface area (TPSA) is 94.2 Å². The first-order valence-electron chi connectivity index (χ1n) is 6.43. The molecule has 0 saturated carbocycles. The summed E-state index contributed by atoms with van der Waals surface area (Å²) in [7, 11) is 3.42. The summed E-state index contributed by atoms with van der Waals surface area (Å²) in [4.78, 5) is 15.5. The predicted molar refractivity (Wildman–Crippen MR) is 74.0 cm³/mol. The molecule has 2 rings (SSSR count). The monoisotopic (exact) mass is 281 g/mol. The van der Waals surface area contributed by atoms with Crippen molar-refractivity contribution in [3.63, 3.8) is 0 Å². The highest BCUT2D eigenvalue weighted by Gasteiger charge is 2.10. The SMILES string of the molecule is CNc1nc(OCCOCCCOC)c2[nH]cnc2n1. The summed E-state index contributed by atoms with van der Waals surface area (Å²) < 4.78 is 16.0. The third-order valence-electron chi connectivity index (χ3n) is 2.58. The highest BCUT2D eigenvalue weighted by Crippen LogP contribution is 2.20. The molecule has 20 heavy (non-hydrogen) atoms. The van der Waals surface area contributed by atoms with E-state index >= 15 is 0 Å². The Kier molecular flexibility index (Phi) is 5.51. The summed E-state index contributed by atoms with van der Waals surface area (Å²) in [6, 6.07) is 0. The minimum absolute atomic E-state index is 0.418. The molecule has 0 radical (unpaired) electrons. The Bertz CT molecular complexity index is 531. The summed E-state index contributed by atoms with van der Waals surface area (Å²) in [5.74, 6) is 0.943. The third-order valence-corrected chi connectivity index (χ3v) is 2.58. The lowest BCUT2D eigenvalue weighted by molar-refractivity contribution is 0.0799. The molecule has 0 aliphatic rings. The van der Waals surface area contributed by atoms with Gasteiger partial charge in [-0.3, -0.25) is 0 Å². The van der Waals surface area contributed by atoms with E-state index in [9.17, 15) is 0 Å². The molecule has 0 aliphatic carbocycles. The van der Waals surface area contributed by atoms with Crippen molar-refractivity contribution in [3.05, 3.63) is 6.33 Å². The predicted octanol–water partition coefficient (Wildman–Crippen LogP) is 0.826. The van der Waals surface area contributed by atoms with E-state index in [1.165, 1.54) is 0 Å². The van der Waals surface area contributed by atoms with Crippen LogP contribution in [0.4, 0.5) is 5.95 Å². The van der Waals surface area contributed by atoms with Gasteiger partial charge in [0.25, 0.3) is 0 Å². The second-order valence-corrected chi connectivity index (χ2v) is 4.01. The number of rotatable bonds is 9. The fourth-order valence-corrected chi connectivity index (χ4v) is 1.63. The fraction of sp³-hybridized carbons (Fsp3) is 0.583. The van der Waals surface area contributed by atoms with Gasteiger partial charge < -0.3 is 24.5 Å². The van der Waals surface area contributed by atoms with Crippen molar-refractivity contribution in [1.82, 2.24) is 19.9 Å². The number of imidazole rings is 1. The fourth-order valence-electron chi connectivity index (χ4n) is 1.63. The van der Waals surface area contributed by atoms with Crippen LogP contribution in [-0.2, 0) is 9.47 Å². The van der Waals surface area contributed by atoms with Gasteiger partial charge in [0, 0.05) is 27.4 Å². The molecule has 0 amide bonds. The molecular weight excluding hydrogens is 262 g/mol. The van der Waals surface area contributed by atoms with Crippen molar-refractivity contribution in [3.8, 4) is 5.88 Å². The first-order chi connectivity index (χ1) is 9.85. The molecule has 2 heterocycles. The van der Waals surface area contributed by atoms with Crippen molar-refractivity contribution < 1.29 is 14.2 Å². The molecular formula is C12H19N5O3. The lowest BCUT2D eigenvalue weighted by atomic mass is 10.5. The second kappa shape index (κ2) is 7.61. The van der Waals surface area contributed by atoms with Crippen LogP contribution in [0.15, 0.2) is 6.33 Å². The van der Waals surface area contributed by atoms with Gasteiger partial charge in [-0.15, -0.1) is 0 Å². The largest absolute Gasteiger partial charge is 0.474 e. The van der Waals surface area contributed by atoms with E-state index in [2.05, 4.69) is 25.3 Å². The number of methoxy groups -OCH3 is 1. The van der Waals surface area contributed by atoms with Gasteiger partial charge in [0.15, 0.2) is 5.65 Å². The maximum atomic E-state index is 5.61. The molecule has 0 atom stereocenters. The molecule has 8 heteroatoms. The Morgan fingerprint density at radius 3 is 2.90 bits per heavy atom. The van der Waals surface area contributed by atoms with Gasteiger partial charge in [0.2, 0.25) is 11.8 Å². The summed E-state index contributed by atoms with van der Waals surface area (Å²) >= 11 is 0. The van der Waals surface area contributed by atoms with E-state index in [1.54, 1.807) is 20.5 Å². The van der Waals surface area contributed by atoms with Crippen LogP contribution in [0.25, 0.3) is 11.2 Å². The van der Waals surface area contributed by atoms with Gasteiger partial charge >= 0.3 is 0 Å². The van der Waals surface area contributed by atoms with Gasteiger partial charge in [0.05, 0.1) is 12.9 Å². The number of aromatic amines is 1. The van der Waals surface area contributed by atoms with E-state index in [-0.39, 0.29) is 0 Å². The summed E-state index contributed by atoms with van der Waals surface area (Å²) in [6.07, 6.45) is 2.44. The van der Waals surface area contributed by atoms with Crippen LogP contribution in [0.3, 0.4) is 0 Å². The maximum Gasteiger partial charge on any atom is 0.245 e. The molecule has 0 fully saturated rings. The Balaban J connectivity index is 1.84. The maximum absolute atomic E-state index is 5.61. The van der Waals surface area contributed by atoms with Gasteiger partial charge in [-0.25, -0.2) is 4.98 Å². The Hall–Kier alpha value is -1.93. The third kappa shape index (κ3) is 3.78. The number of anilines is 1. The number of nitrogens with one attached hydrogen (secondary N) is 2. The van der Waals surface area contributed by atoms with E-state index in [1.807, 2.05) is 0 Å². The number of H-pyrrole nitrogens is 1. The van der Waals surface area contributed by atoms with Crippen LogP contribution in [0, 0.1) is 0 Å². The Morgan fingerprint density at radius 2 is 2.10 bits per heavy atom. The van der Waals surface area contributed by atoms with Crippen molar-refractivity contribution in [2.24, 2.45) is 0 Å². The van der Waals surface area contributed by atoms with Crippen LogP contribution in [0.1, 0.15) is 6.42 Å². The number of aromatic nitrogens is 4. The van der Waals surface area contributed by atoms with E-state index < -0.39 is 0 Å². The normalized spacial score (nSPS) is 10.9. The first-order valence-corrected chi connectivity index (χ1v) is 6.43. The minimum Gasteiger partial charge on any atom is -0.474 e. The number of hydrogen-bond acceptors (Lipinski definition) is 7. The van der Waals surface area contributed by atoms with Crippen LogP contribution in [-0.4, -0.2) is 60.5 Å². The van der Waals surface area contributed by atoms with Crippen LogP contribution in [0.5, 0.6) is 5.88 Å². The average Bonchev–Trinajstić information content (AvgIpc) is 2.94. The lowest BCUT2D eigenvalue weighted by Crippen LogP contribution is -2.10. The molecule has 2 N–H and O–H groups in total. The average molecular weight is 281 g/mol. The van der Waals surface area contributed by atoms with Crippen molar-refractivity contribution in [2.75, 3.05) is 45.9 Å². The minimum atomic E-state index is 0.418. The van der Waals surface area contributed by atoms with Crippen LogP contribution < -0.4 is 10.1 Å². The van der Waals surface area contributed by atoms with Crippen molar-refractivity contribution >= 4 is 17.1 Å². The molecule has 0 unspecified atom stereocenters. The highest BCUT2D eigenvalue weighted by molar-refractivity contribution is 5.76. The molecule has 110 valence electrons. The van der Waals surface area contributed by atoms with Crippen LogP contribution in [0.2, 0.25) is 0 Å². The summed E-state index contributed by atoms with van der Waals surface area (Å²) in [5.41, 5.74) is 1.25. The molecule has 0 bridgehead atoms. The zero-order chi connectivity index (χ0) is 14.2. The molecule has 2 aromatic rings. The standard InChI is InChI=1S/C12H19N5O3/c1-13-12-16-10-9(14-8-15-10)11(17-12)20-7-6-19-5-3-4-18-2/h8H,3-7H2,1-2H3,(H2,13,14,15,16,17). The van der Waals surface area contributed by atoms with Gasteiger partial charge in [-0.05, 0) is 6.42 Å². The number of ether oxygens (including phenoxy) is 3. The van der Waals surface area contributed by atoms with Gasteiger partial charge in [0.1, 0.15) is 12.1 Å².